The number of fused-ring (bicyclic) bond motifs is 1. The van der Waals surface area contributed by atoms with Gasteiger partial charge >= 0.3 is 0 Å². The number of aromatic nitrogens is 3. The maximum atomic E-state index is 12.6. The van der Waals surface area contributed by atoms with Crippen LogP contribution < -0.4 is 4.18 Å². The Hall–Kier alpha value is -2.59. The Morgan fingerprint density at radius 1 is 1.27 bits per heavy atom. The van der Waals surface area contributed by atoms with E-state index in [-0.39, 0.29) is 0 Å². The van der Waals surface area contributed by atoms with Gasteiger partial charge in [-0.25, -0.2) is 14.0 Å². The molecule has 3 aromatic rings. The van der Waals surface area contributed by atoms with Gasteiger partial charge in [0.05, 0.1) is 6.57 Å². The second-order valence-electron chi connectivity index (χ2n) is 4.97. The van der Waals surface area contributed by atoms with Crippen molar-refractivity contribution in [3.8, 4) is 5.75 Å². The van der Waals surface area contributed by atoms with E-state index in [4.69, 9.17) is 10.8 Å². The first-order chi connectivity index (χ1) is 10.5. The quantitative estimate of drug-likeness (QED) is 0.755. The Balaban J connectivity index is 2.07. The van der Waals surface area contributed by atoms with Crippen molar-refractivity contribution >= 4 is 22.4 Å². The summed E-state index contributed by atoms with van der Waals surface area (Å²) in [5, 5.41) is 3.02. The van der Waals surface area contributed by atoms with Crippen LogP contribution in [-0.4, -0.2) is 18.8 Å². The third-order valence-electron chi connectivity index (χ3n) is 3.33. The minimum atomic E-state index is -1.81. The number of nitrogens with one attached hydrogen (secondary N) is 1. The second kappa shape index (κ2) is 5.31. The zero-order valence-electron chi connectivity index (χ0n) is 12.4. The molecule has 3 rings (SSSR count). The average molecular weight is 314 g/mol. The highest BCUT2D eigenvalue weighted by Crippen LogP contribution is 2.33. The fraction of sp³-hybridized carbons (Fsp3) is 0.200. The van der Waals surface area contributed by atoms with Gasteiger partial charge in [0.15, 0.2) is 5.65 Å². The van der Waals surface area contributed by atoms with Crippen LogP contribution in [0, 0.1) is 27.3 Å². The minimum Gasteiger partial charge on any atom is -0.398 e. The summed E-state index contributed by atoms with van der Waals surface area (Å²) in [6, 6.07) is 7.25. The standard InChI is InChI=1S/C15H14N4O2S/c1-9-5-7-12(8-6-9)21-22(20)14-13(16-4)10(2)19-15(14)17-11(3)18-19/h5-8H,1-3H3,(H,17,18). The van der Waals surface area contributed by atoms with E-state index >= 15 is 0 Å². The van der Waals surface area contributed by atoms with Gasteiger partial charge in [0.1, 0.15) is 16.5 Å². The molecular weight excluding hydrogens is 300 g/mol. The van der Waals surface area contributed by atoms with Crippen molar-refractivity contribution in [2.24, 2.45) is 0 Å². The maximum absolute atomic E-state index is 12.6. The van der Waals surface area contributed by atoms with Crippen molar-refractivity contribution in [2.45, 2.75) is 25.7 Å². The summed E-state index contributed by atoms with van der Waals surface area (Å²) in [5.41, 5.74) is 2.53. The molecule has 0 saturated carbocycles. The molecule has 0 bridgehead atoms. The van der Waals surface area contributed by atoms with E-state index in [2.05, 4.69) is 14.9 Å². The zero-order valence-corrected chi connectivity index (χ0v) is 13.2. The lowest BCUT2D eigenvalue weighted by molar-refractivity contribution is 0.563. The molecule has 2 aromatic heterocycles. The van der Waals surface area contributed by atoms with Crippen LogP contribution in [-0.2, 0) is 11.1 Å². The van der Waals surface area contributed by atoms with Gasteiger partial charge in [0.25, 0.3) is 0 Å². The number of aryl methyl sites for hydroxylation is 3. The Kier molecular flexibility index (Phi) is 3.47. The smallest absolute Gasteiger partial charge is 0.233 e. The van der Waals surface area contributed by atoms with Crippen molar-refractivity contribution in [1.82, 2.24) is 14.6 Å². The first-order valence-corrected chi connectivity index (χ1v) is 7.70. The molecule has 1 atom stereocenters. The van der Waals surface area contributed by atoms with Gasteiger partial charge in [0, 0.05) is 5.69 Å². The van der Waals surface area contributed by atoms with Gasteiger partial charge in [0.2, 0.25) is 16.8 Å². The monoisotopic (exact) mass is 314 g/mol. The number of nitrogens with zero attached hydrogens (tertiary/aromatic N) is 3. The second-order valence-corrected chi connectivity index (χ2v) is 6.02. The van der Waals surface area contributed by atoms with Gasteiger partial charge in [-0.2, -0.15) is 0 Å². The number of H-pyrrole nitrogens is 1. The molecule has 1 unspecified atom stereocenters. The Bertz CT molecular complexity index is 916. The Labute approximate surface area is 130 Å². The predicted molar refractivity (Wildman–Crippen MR) is 83.5 cm³/mol. The minimum absolute atomic E-state index is 0.303. The normalized spacial score (nSPS) is 12.3. The number of benzene rings is 1. The van der Waals surface area contributed by atoms with E-state index in [0.29, 0.717) is 33.5 Å². The molecule has 0 amide bonds. The third-order valence-corrected chi connectivity index (χ3v) is 4.38. The molecule has 1 N–H and O–H groups in total. The first-order valence-electron chi connectivity index (χ1n) is 6.63. The van der Waals surface area contributed by atoms with Crippen molar-refractivity contribution < 1.29 is 8.39 Å². The van der Waals surface area contributed by atoms with Gasteiger partial charge in [-0.05, 0) is 32.9 Å². The molecule has 7 heteroatoms. The molecule has 0 aliphatic rings. The van der Waals surface area contributed by atoms with Gasteiger partial charge < -0.3 is 4.18 Å². The molecule has 0 radical (unpaired) electrons. The van der Waals surface area contributed by atoms with Gasteiger partial charge in [-0.3, -0.25) is 9.61 Å². The molecule has 6 nitrogen and oxygen atoms in total. The van der Waals surface area contributed by atoms with Crippen LogP contribution in [0.4, 0.5) is 5.69 Å². The molecule has 2 heterocycles. The number of rotatable bonds is 3. The predicted octanol–water partition coefficient (Wildman–Crippen LogP) is 3.24. The van der Waals surface area contributed by atoms with Crippen LogP contribution in [0.3, 0.4) is 0 Å². The van der Waals surface area contributed by atoms with E-state index in [0.717, 1.165) is 5.56 Å². The Morgan fingerprint density at radius 2 is 1.95 bits per heavy atom. The summed E-state index contributed by atoms with van der Waals surface area (Å²) in [4.78, 5) is 8.10. The maximum Gasteiger partial charge on any atom is 0.233 e. The van der Waals surface area contributed by atoms with Crippen LogP contribution in [0.1, 0.15) is 17.1 Å². The number of hydrogen-bond acceptors (Lipinski definition) is 3. The molecule has 0 saturated heterocycles. The summed E-state index contributed by atoms with van der Waals surface area (Å²) in [6.45, 7) is 12.9. The molecular formula is C15H14N4O2S. The largest absolute Gasteiger partial charge is 0.398 e. The average Bonchev–Trinajstić information content (AvgIpc) is 2.97. The molecule has 0 aliphatic heterocycles. The topological polar surface area (TPSA) is 63.8 Å². The van der Waals surface area contributed by atoms with E-state index in [1.807, 2.05) is 19.1 Å². The lowest BCUT2D eigenvalue weighted by Crippen LogP contribution is -2.01. The van der Waals surface area contributed by atoms with Crippen LogP contribution in [0.5, 0.6) is 5.75 Å². The molecule has 0 aliphatic carbocycles. The van der Waals surface area contributed by atoms with Crippen LogP contribution in [0.25, 0.3) is 10.5 Å². The zero-order chi connectivity index (χ0) is 15.9. The van der Waals surface area contributed by atoms with Crippen LogP contribution in [0.15, 0.2) is 29.2 Å². The first kappa shape index (κ1) is 14.4. The van der Waals surface area contributed by atoms with Crippen molar-refractivity contribution in [3.05, 3.63) is 52.8 Å². The molecule has 0 fully saturated rings. The molecule has 112 valence electrons. The van der Waals surface area contributed by atoms with Crippen molar-refractivity contribution in [1.29, 1.82) is 0 Å². The third kappa shape index (κ3) is 2.27. The highest BCUT2D eigenvalue weighted by atomic mass is 32.2. The van der Waals surface area contributed by atoms with E-state index in [9.17, 15) is 4.21 Å². The highest BCUT2D eigenvalue weighted by molar-refractivity contribution is 7.81. The van der Waals surface area contributed by atoms with E-state index in [1.54, 1.807) is 30.5 Å². The van der Waals surface area contributed by atoms with Crippen LogP contribution in [0.2, 0.25) is 0 Å². The van der Waals surface area contributed by atoms with E-state index < -0.39 is 11.1 Å². The molecule has 1 aromatic carbocycles. The molecule has 22 heavy (non-hydrogen) atoms. The van der Waals surface area contributed by atoms with Gasteiger partial charge in [-0.15, -0.1) is 0 Å². The lowest BCUT2D eigenvalue weighted by atomic mass is 10.2. The highest BCUT2D eigenvalue weighted by Gasteiger charge is 2.25. The summed E-state index contributed by atoms with van der Waals surface area (Å²) in [6.07, 6.45) is 0. The van der Waals surface area contributed by atoms with E-state index in [1.165, 1.54) is 0 Å². The van der Waals surface area contributed by atoms with Crippen molar-refractivity contribution in [3.63, 3.8) is 0 Å². The SMILES string of the molecule is [C-]#[N+]c1c(S(=O)Oc2ccc(C)cc2)c2nc(C)[nH]n2c1C. The number of aromatic amines is 1. The summed E-state index contributed by atoms with van der Waals surface area (Å²) >= 11 is -1.81. The fourth-order valence-electron chi connectivity index (χ4n) is 2.23. The Morgan fingerprint density at radius 3 is 2.59 bits per heavy atom. The summed E-state index contributed by atoms with van der Waals surface area (Å²) in [5.74, 6) is 1.17. The van der Waals surface area contributed by atoms with Crippen molar-refractivity contribution in [2.75, 3.05) is 0 Å². The summed E-state index contributed by atoms with van der Waals surface area (Å²) < 4.78 is 19.7. The fourth-order valence-corrected chi connectivity index (χ4v) is 3.23. The lowest BCUT2D eigenvalue weighted by Gasteiger charge is -2.04. The van der Waals surface area contributed by atoms with Gasteiger partial charge in [-0.1, -0.05) is 17.7 Å². The summed E-state index contributed by atoms with van der Waals surface area (Å²) in [7, 11) is 0. The molecule has 0 spiro atoms. The van der Waals surface area contributed by atoms with Crippen LogP contribution >= 0.6 is 0 Å². The number of hydrogen-bond donors (Lipinski definition) is 1.